The van der Waals surface area contributed by atoms with Crippen molar-refractivity contribution >= 4 is 0 Å². The molecule has 0 heterocycles. The van der Waals surface area contributed by atoms with E-state index in [0.717, 1.165) is 17.9 Å². The summed E-state index contributed by atoms with van der Waals surface area (Å²) >= 11 is 0. The van der Waals surface area contributed by atoms with Gasteiger partial charge in [0, 0.05) is 5.92 Å². The molecule has 0 aliphatic rings. The summed E-state index contributed by atoms with van der Waals surface area (Å²) in [6.07, 6.45) is 0.874. The van der Waals surface area contributed by atoms with Gasteiger partial charge >= 0.3 is 0 Å². The minimum atomic E-state index is 0.275. The molecule has 3 nitrogen and oxygen atoms in total. The highest BCUT2D eigenvalue weighted by Crippen LogP contribution is 2.27. The highest BCUT2D eigenvalue weighted by atomic mass is 16.5. The Morgan fingerprint density at radius 1 is 1.05 bits per heavy atom. The van der Waals surface area contributed by atoms with Gasteiger partial charge in [0.25, 0.3) is 0 Å². The third-order valence-electron chi connectivity index (χ3n) is 3.61. The van der Waals surface area contributed by atoms with Crippen molar-refractivity contribution < 1.29 is 9.47 Å². The smallest absolute Gasteiger partial charge is 0.122 e. The van der Waals surface area contributed by atoms with Crippen LogP contribution < -0.4 is 15.2 Å². The first-order valence-corrected chi connectivity index (χ1v) is 7.33. The molecule has 1 atom stereocenters. The molecule has 0 saturated heterocycles. The molecule has 2 N–H and O–H groups in total. The highest BCUT2D eigenvalue weighted by Gasteiger charge is 2.13. The Morgan fingerprint density at radius 2 is 1.76 bits per heavy atom. The van der Waals surface area contributed by atoms with Crippen LogP contribution in [0.4, 0.5) is 0 Å². The molecule has 0 bridgehead atoms. The first kappa shape index (κ1) is 15.4. The predicted octanol–water partition coefficient (Wildman–Crippen LogP) is 3.38. The third kappa shape index (κ3) is 3.99. The fraction of sp³-hybridized carbons (Fsp3) is 0.333. The zero-order valence-electron chi connectivity index (χ0n) is 12.7. The lowest BCUT2D eigenvalue weighted by Gasteiger charge is -2.18. The second-order valence-corrected chi connectivity index (χ2v) is 4.95. The average molecular weight is 285 g/mol. The van der Waals surface area contributed by atoms with E-state index in [0.29, 0.717) is 13.2 Å². The molecule has 0 radical (unpaired) electrons. The number of benzene rings is 2. The van der Waals surface area contributed by atoms with E-state index in [-0.39, 0.29) is 5.92 Å². The lowest BCUT2D eigenvalue weighted by atomic mass is 9.91. The third-order valence-corrected chi connectivity index (χ3v) is 3.61. The highest BCUT2D eigenvalue weighted by molar-refractivity contribution is 5.36. The number of hydrogen-bond donors (Lipinski definition) is 1. The van der Waals surface area contributed by atoms with Crippen molar-refractivity contribution in [2.24, 2.45) is 5.73 Å². The first-order valence-electron chi connectivity index (χ1n) is 7.33. The normalized spacial score (nSPS) is 12.0. The van der Waals surface area contributed by atoms with Gasteiger partial charge in [0.15, 0.2) is 0 Å². The van der Waals surface area contributed by atoms with E-state index in [4.69, 9.17) is 15.2 Å². The van der Waals surface area contributed by atoms with Crippen molar-refractivity contribution in [2.45, 2.75) is 19.3 Å². The second-order valence-electron chi connectivity index (χ2n) is 4.95. The molecule has 0 fully saturated rings. The maximum absolute atomic E-state index is 5.98. The van der Waals surface area contributed by atoms with Crippen LogP contribution in [-0.2, 0) is 6.42 Å². The molecular formula is C18H23NO2. The Hall–Kier alpha value is -2.00. The van der Waals surface area contributed by atoms with Gasteiger partial charge in [0.05, 0.1) is 13.7 Å². The summed E-state index contributed by atoms with van der Waals surface area (Å²) in [6, 6.07) is 16.3. The van der Waals surface area contributed by atoms with Gasteiger partial charge in [0.2, 0.25) is 0 Å². The van der Waals surface area contributed by atoms with Crippen LogP contribution in [0, 0.1) is 0 Å². The minimum absolute atomic E-state index is 0.275. The summed E-state index contributed by atoms with van der Waals surface area (Å²) in [5.74, 6) is 2.09. The predicted molar refractivity (Wildman–Crippen MR) is 86.1 cm³/mol. The fourth-order valence-corrected chi connectivity index (χ4v) is 2.45. The Bertz CT molecular complexity index is 551. The number of ether oxygens (including phenoxy) is 2. The summed E-state index contributed by atoms with van der Waals surface area (Å²) in [4.78, 5) is 0. The Morgan fingerprint density at radius 3 is 2.38 bits per heavy atom. The molecule has 2 rings (SSSR count). The molecule has 0 saturated carbocycles. The van der Waals surface area contributed by atoms with Crippen LogP contribution in [0.3, 0.4) is 0 Å². The van der Waals surface area contributed by atoms with Gasteiger partial charge in [0.1, 0.15) is 11.5 Å². The second kappa shape index (κ2) is 7.70. The summed E-state index contributed by atoms with van der Waals surface area (Å²) < 4.78 is 10.9. The summed E-state index contributed by atoms with van der Waals surface area (Å²) in [7, 11) is 1.67. The zero-order chi connectivity index (χ0) is 15.1. The van der Waals surface area contributed by atoms with Crippen LogP contribution >= 0.6 is 0 Å². The number of rotatable bonds is 7. The van der Waals surface area contributed by atoms with Crippen LogP contribution in [0.25, 0.3) is 0 Å². The summed E-state index contributed by atoms with van der Waals surface area (Å²) in [5, 5.41) is 0. The van der Waals surface area contributed by atoms with Crippen LogP contribution in [0.5, 0.6) is 11.5 Å². The van der Waals surface area contributed by atoms with Crippen LogP contribution in [0.15, 0.2) is 48.5 Å². The van der Waals surface area contributed by atoms with Gasteiger partial charge in [-0.15, -0.1) is 0 Å². The van der Waals surface area contributed by atoms with Gasteiger partial charge in [-0.2, -0.15) is 0 Å². The maximum Gasteiger partial charge on any atom is 0.122 e. The Labute approximate surface area is 126 Å². The molecule has 2 aromatic carbocycles. The van der Waals surface area contributed by atoms with E-state index in [1.165, 1.54) is 11.1 Å². The van der Waals surface area contributed by atoms with E-state index in [9.17, 15) is 0 Å². The number of hydrogen-bond acceptors (Lipinski definition) is 3. The van der Waals surface area contributed by atoms with Crippen molar-refractivity contribution in [3.63, 3.8) is 0 Å². The Balaban J connectivity index is 2.18. The molecule has 1 unspecified atom stereocenters. The monoisotopic (exact) mass is 285 g/mol. The number of nitrogens with two attached hydrogens (primary N) is 1. The SMILES string of the molecule is CCOc1ccccc1CC(CN)c1ccc(OC)cc1. The van der Waals surface area contributed by atoms with Gasteiger partial charge < -0.3 is 15.2 Å². The van der Waals surface area contributed by atoms with Crippen LogP contribution in [0.1, 0.15) is 24.0 Å². The van der Waals surface area contributed by atoms with Gasteiger partial charge in [-0.1, -0.05) is 30.3 Å². The molecule has 112 valence electrons. The molecule has 0 aliphatic carbocycles. The topological polar surface area (TPSA) is 44.5 Å². The van der Waals surface area contributed by atoms with E-state index >= 15 is 0 Å². The minimum Gasteiger partial charge on any atom is -0.497 e. The van der Waals surface area contributed by atoms with E-state index in [1.54, 1.807) is 7.11 Å². The largest absolute Gasteiger partial charge is 0.497 e. The lowest BCUT2D eigenvalue weighted by molar-refractivity contribution is 0.335. The van der Waals surface area contributed by atoms with Crippen LogP contribution in [-0.4, -0.2) is 20.3 Å². The quantitative estimate of drug-likeness (QED) is 0.848. The lowest BCUT2D eigenvalue weighted by Crippen LogP contribution is -2.15. The molecule has 21 heavy (non-hydrogen) atoms. The van der Waals surface area contributed by atoms with Crippen molar-refractivity contribution in [3.05, 3.63) is 59.7 Å². The molecule has 0 spiro atoms. The van der Waals surface area contributed by atoms with Gasteiger partial charge in [-0.25, -0.2) is 0 Å². The average Bonchev–Trinajstić information content (AvgIpc) is 2.54. The van der Waals surface area contributed by atoms with E-state index in [2.05, 4.69) is 18.2 Å². The molecular weight excluding hydrogens is 262 g/mol. The Kier molecular flexibility index (Phi) is 5.64. The van der Waals surface area contributed by atoms with Crippen molar-refractivity contribution in [1.29, 1.82) is 0 Å². The first-order chi connectivity index (χ1) is 10.3. The summed E-state index contributed by atoms with van der Waals surface area (Å²) in [5.41, 5.74) is 8.40. The summed E-state index contributed by atoms with van der Waals surface area (Å²) in [6.45, 7) is 3.28. The molecule has 0 amide bonds. The molecule has 0 aromatic heterocycles. The van der Waals surface area contributed by atoms with Crippen molar-refractivity contribution in [3.8, 4) is 11.5 Å². The van der Waals surface area contributed by atoms with Gasteiger partial charge in [-0.05, 0) is 49.2 Å². The van der Waals surface area contributed by atoms with Crippen molar-refractivity contribution in [1.82, 2.24) is 0 Å². The van der Waals surface area contributed by atoms with Crippen molar-refractivity contribution in [2.75, 3.05) is 20.3 Å². The van der Waals surface area contributed by atoms with E-state index in [1.807, 2.05) is 37.3 Å². The fourth-order valence-electron chi connectivity index (χ4n) is 2.45. The van der Waals surface area contributed by atoms with E-state index < -0.39 is 0 Å². The molecule has 3 heteroatoms. The molecule has 2 aromatic rings. The number of methoxy groups -OCH3 is 1. The molecule has 0 aliphatic heterocycles. The van der Waals surface area contributed by atoms with Gasteiger partial charge in [-0.3, -0.25) is 0 Å². The van der Waals surface area contributed by atoms with Crippen LogP contribution in [0.2, 0.25) is 0 Å². The number of para-hydroxylation sites is 1. The maximum atomic E-state index is 5.98. The zero-order valence-corrected chi connectivity index (χ0v) is 12.7. The standard InChI is InChI=1S/C18H23NO2/c1-3-21-18-7-5-4-6-15(18)12-16(13-19)14-8-10-17(20-2)11-9-14/h4-11,16H,3,12-13,19H2,1-2H3.